The Morgan fingerprint density at radius 1 is 1.19 bits per heavy atom. The average molecular weight is 286 g/mol. The topological polar surface area (TPSA) is 41.1 Å². The van der Waals surface area contributed by atoms with Gasteiger partial charge < -0.3 is 10.6 Å². The Balaban J connectivity index is 2.13. The van der Waals surface area contributed by atoms with Gasteiger partial charge in [-0.1, -0.05) is 18.2 Å². The summed E-state index contributed by atoms with van der Waals surface area (Å²) in [6.45, 7) is 6.17. The standard InChI is InChI=1S/C17H19FN2O/c1-11-5-4-6-14(12(11)2)10-19-15-7-8-16(18)17(9-15)20-13(3)21/h4-9,19H,10H2,1-3H3,(H,20,21). The van der Waals surface area contributed by atoms with Crippen LogP contribution in [-0.2, 0) is 11.3 Å². The van der Waals surface area contributed by atoms with Crippen LogP contribution in [0.4, 0.5) is 15.8 Å². The van der Waals surface area contributed by atoms with Crippen molar-refractivity contribution in [2.75, 3.05) is 10.6 Å². The second-order valence-corrected chi connectivity index (χ2v) is 5.09. The van der Waals surface area contributed by atoms with Gasteiger partial charge in [0.15, 0.2) is 0 Å². The van der Waals surface area contributed by atoms with Crippen molar-refractivity contribution in [1.29, 1.82) is 0 Å². The summed E-state index contributed by atoms with van der Waals surface area (Å²) in [5, 5.41) is 5.73. The number of benzene rings is 2. The predicted molar refractivity (Wildman–Crippen MR) is 83.9 cm³/mol. The Hall–Kier alpha value is -2.36. The van der Waals surface area contributed by atoms with Crippen LogP contribution in [0, 0.1) is 19.7 Å². The molecule has 3 nitrogen and oxygen atoms in total. The van der Waals surface area contributed by atoms with E-state index in [1.807, 2.05) is 6.07 Å². The molecule has 2 aromatic carbocycles. The summed E-state index contributed by atoms with van der Waals surface area (Å²) in [5.41, 5.74) is 4.64. The first-order valence-corrected chi connectivity index (χ1v) is 6.83. The second kappa shape index (κ2) is 6.39. The van der Waals surface area contributed by atoms with Crippen molar-refractivity contribution in [1.82, 2.24) is 0 Å². The summed E-state index contributed by atoms with van der Waals surface area (Å²) >= 11 is 0. The van der Waals surface area contributed by atoms with Crippen molar-refractivity contribution in [2.45, 2.75) is 27.3 Å². The molecule has 0 aliphatic heterocycles. The average Bonchev–Trinajstić information content (AvgIpc) is 2.43. The Bertz CT molecular complexity index is 668. The van der Waals surface area contributed by atoms with Crippen LogP contribution in [0.1, 0.15) is 23.6 Å². The second-order valence-electron chi connectivity index (χ2n) is 5.09. The van der Waals surface area contributed by atoms with E-state index in [1.54, 1.807) is 12.1 Å². The summed E-state index contributed by atoms with van der Waals surface area (Å²) in [4.78, 5) is 11.0. The van der Waals surface area contributed by atoms with Crippen LogP contribution in [0.2, 0.25) is 0 Å². The highest BCUT2D eigenvalue weighted by Crippen LogP contribution is 2.21. The van der Waals surface area contributed by atoms with E-state index >= 15 is 0 Å². The van der Waals surface area contributed by atoms with Gasteiger partial charge in [-0.2, -0.15) is 0 Å². The van der Waals surface area contributed by atoms with Crippen molar-refractivity contribution in [3.63, 3.8) is 0 Å². The van der Waals surface area contributed by atoms with Crippen molar-refractivity contribution in [3.05, 3.63) is 58.9 Å². The van der Waals surface area contributed by atoms with Gasteiger partial charge in [-0.15, -0.1) is 0 Å². The third-order valence-electron chi connectivity index (χ3n) is 3.48. The minimum atomic E-state index is -0.442. The summed E-state index contributed by atoms with van der Waals surface area (Å²) in [7, 11) is 0. The lowest BCUT2D eigenvalue weighted by Gasteiger charge is -2.12. The first-order valence-electron chi connectivity index (χ1n) is 6.83. The minimum Gasteiger partial charge on any atom is -0.381 e. The van der Waals surface area contributed by atoms with Crippen LogP contribution in [0.25, 0.3) is 0 Å². The molecular weight excluding hydrogens is 267 g/mol. The molecule has 0 heterocycles. The fourth-order valence-electron chi connectivity index (χ4n) is 2.12. The zero-order valence-electron chi connectivity index (χ0n) is 12.5. The van der Waals surface area contributed by atoms with Crippen molar-refractivity contribution in [2.24, 2.45) is 0 Å². The van der Waals surface area contributed by atoms with Crippen LogP contribution in [0.15, 0.2) is 36.4 Å². The smallest absolute Gasteiger partial charge is 0.221 e. The number of nitrogens with one attached hydrogen (secondary N) is 2. The fraction of sp³-hybridized carbons (Fsp3) is 0.235. The predicted octanol–water partition coefficient (Wildman–Crippen LogP) is 4.01. The Morgan fingerprint density at radius 3 is 2.67 bits per heavy atom. The van der Waals surface area contributed by atoms with E-state index in [0.29, 0.717) is 6.54 Å². The van der Waals surface area contributed by atoms with Gasteiger partial charge in [-0.3, -0.25) is 4.79 Å². The molecule has 0 saturated heterocycles. The van der Waals surface area contributed by atoms with Gasteiger partial charge in [-0.05, 0) is 48.7 Å². The summed E-state index contributed by atoms with van der Waals surface area (Å²) in [5.74, 6) is -0.733. The number of halogens is 1. The van der Waals surface area contributed by atoms with Crippen LogP contribution < -0.4 is 10.6 Å². The van der Waals surface area contributed by atoms with Gasteiger partial charge in [0.2, 0.25) is 5.91 Å². The van der Waals surface area contributed by atoms with E-state index in [2.05, 4.69) is 36.6 Å². The highest BCUT2D eigenvalue weighted by atomic mass is 19.1. The zero-order chi connectivity index (χ0) is 15.4. The summed E-state index contributed by atoms with van der Waals surface area (Å²) in [6, 6.07) is 10.8. The molecule has 0 atom stereocenters. The molecule has 0 aliphatic rings. The lowest BCUT2D eigenvalue weighted by Crippen LogP contribution is -2.08. The molecule has 21 heavy (non-hydrogen) atoms. The minimum absolute atomic E-state index is 0.188. The molecule has 0 radical (unpaired) electrons. The van der Waals surface area contributed by atoms with Crippen molar-refractivity contribution >= 4 is 17.3 Å². The highest BCUT2D eigenvalue weighted by Gasteiger charge is 2.06. The van der Waals surface area contributed by atoms with Crippen LogP contribution in [-0.4, -0.2) is 5.91 Å². The number of hydrogen-bond donors (Lipinski definition) is 2. The number of hydrogen-bond acceptors (Lipinski definition) is 2. The number of carbonyl (C=O) groups excluding carboxylic acids is 1. The molecular formula is C17H19FN2O. The largest absolute Gasteiger partial charge is 0.381 e. The van der Waals surface area contributed by atoms with E-state index < -0.39 is 5.82 Å². The Labute approximate surface area is 124 Å². The van der Waals surface area contributed by atoms with Crippen molar-refractivity contribution < 1.29 is 9.18 Å². The molecule has 2 N–H and O–H groups in total. The van der Waals surface area contributed by atoms with Crippen LogP contribution in [0.3, 0.4) is 0 Å². The van der Waals surface area contributed by atoms with Gasteiger partial charge >= 0.3 is 0 Å². The number of anilines is 2. The normalized spacial score (nSPS) is 10.3. The van der Waals surface area contributed by atoms with Gasteiger partial charge in [0.1, 0.15) is 5.82 Å². The maximum absolute atomic E-state index is 13.6. The van der Waals surface area contributed by atoms with E-state index in [9.17, 15) is 9.18 Å². The van der Waals surface area contributed by atoms with Crippen LogP contribution >= 0.6 is 0 Å². The molecule has 0 unspecified atom stereocenters. The first kappa shape index (κ1) is 15.0. The number of amides is 1. The lowest BCUT2D eigenvalue weighted by atomic mass is 10.0. The SMILES string of the molecule is CC(=O)Nc1cc(NCc2cccc(C)c2C)ccc1F. The number of aryl methyl sites for hydroxylation is 1. The van der Waals surface area contributed by atoms with Gasteiger partial charge in [0, 0.05) is 19.2 Å². The highest BCUT2D eigenvalue weighted by molar-refractivity contribution is 5.89. The molecule has 0 fully saturated rings. The summed E-state index contributed by atoms with van der Waals surface area (Å²) in [6.07, 6.45) is 0. The van der Waals surface area contributed by atoms with Gasteiger partial charge in [0.05, 0.1) is 5.69 Å². The first-order chi connectivity index (χ1) is 9.97. The van der Waals surface area contributed by atoms with Gasteiger partial charge in [0.25, 0.3) is 0 Å². The van der Waals surface area contributed by atoms with E-state index in [4.69, 9.17) is 0 Å². The van der Waals surface area contributed by atoms with Gasteiger partial charge in [-0.25, -0.2) is 4.39 Å². The van der Waals surface area contributed by atoms with Crippen LogP contribution in [0.5, 0.6) is 0 Å². The van der Waals surface area contributed by atoms with Crippen molar-refractivity contribution in [3.8, 4) is 0 Å². The molecule has 0 bridgehead atoms. The molecule has 2 rings (SSSR count). The van der Waals surface area contributed by atoms with E-state index in [-0.39, 0.29) is 11.6 Å². The molecule has 4 heteroatoms. The molecule has 0 aromatic heterocycles. The van der Waals surface area contributed by atoms with E-state index in [1.165, 1.54) is 29.7 Å². The molecule has 1 amide bonds. The lowest BCUT2D eigenvalue weighted by molar-refractivity contribution is -0.114. The fourth-order valence-corrected chi connectivity index (χ4v) is 2.12. The summed E-state index contributed by atoms with van der Waals surface area (Å²) < 4.78 is 13.6. The van der Waals surface area contributed by atoms with E-state index in [0.717, 1.165) is 5.69 Å². The zero-order valence-corrected chi connectivity index (χ0v) is 12.5. The molecule has 2 aromatic rings. The third-order valence-corrected chi connectivity index (χ3v) is 3.48. The quantitative estimate of drug-likeness (QED) is 0.891. The number of carbonyl (C=O) groups is 1. The monoisotopic (exact) mass is 286 g/mol. The Kier molecular flexibility index (Phi) is 4.58. The third kappa shape index (κ3) is 3.81. The molecule has 110 valence electrons. The molecule has 0 spiro atoms. The maximum Gasteiger partial charge on any atom is 0.221 e. The molecule has 0 aliphatic carbocycles. The number of rotatable bonds is 4. The molecule has 0 saturated carbocycles. The maximum atomic E-state index is 13.6. The Morgan fingerprint density at radius 2 is 1.95 bits per heavy atom.